The molecule has 4 aliphatic carbocycles. The van der Waals surface area contributed by atoms with Gasteiger partial charge in [-0.3, -0.25) is 4.79 Å². The van der Waals surface area contributed by atoms with Crippen LogP contribution in [0.25, 0.3) is 0 Å². The number of allylic oxidation sites excluding steroid dienone is 2. The van der Waals surface area contributed by atoms with Gasteiger partial charge in [-0.25, -0.2) is 0 Å². The van der Waals surface area contributed by atoms with E-state index in [1.807, 2.05) is 6.21 Å². The van der Waals surface area contributed by atoms with E-state index in [-0.39, 0.29) is 5.41 Å². The molecule has 0 heterocycles. The molecular formula is C22H34N2O2. The molecule has 0 radical (unpaired) electrons. The lowest BCUT2D eigenvalue weighted by Gasteiger charge is -2.57. The highest BCUT2D eigenvalue weighted by Gasteiger charge is 2.58. The van der Waals surface area contributed by atoms with Crippen LogP contribution < -0.4 is 5.73 Å². The summed E-state index contributed by atoms with van der Waals surface area (Å²) in [5.74, 6) is 3.09. The molecule has 6 atom stereocenters. The first-order valence-corrected chi connectivity index (χ1v) is 10.6. The number of fused-ring (bicyclic) bond motifs is 5. The Hall–Kier alpha value is -1.16. The third kappa shape index (κ3) is 2.76. The van der Waals surface area contributed by atoms with Crippen molar-refractivity contribution in [1.82, 2.24) is 0 Å². The Morgan fingerprint density at radius 3 is 2.73 bits per heavy atom. The van der Waals surface area contributed by atoms with Gasteiger partial charge in [-0.15, -0.1) is 0 Å². The number of hydrogen-bond acceptors (Lipinski definition) is 4. The summed E-state index contributed by atoms with van der Waals surface area (Å²) in [4.78, 5) is 17.7. The summed E-state index contributed by atoms with van der Waals surface area (Å²) in [5, 5.41) is 4.10. The molecule has 0 aromatic carbocycles. The Kier molecular flexibility index (Phi) is 4.75. The fourth-order valence-electron chi connectivity index (χ4n) is 6.87. The Labute approximate surface area is 157 Å². The summed E-state index contributed by atoms with van der Waals surface area (Å²) in [7, 11) is 0. The van der Waals surface area contributed by atoms with Crippen LogP contribution in [0, 0.1) is 34.5 Å². The van der Waals surface area contributed by atoms with E-state index in [1.54, 1.807) is 5.57 Å². The molecule has 0 amide bonds. The summed E-state index contributed by atoms with van der Waals surface area (Å²) < 4.78 is 0. The number of Topliss-reactive ketones (excluding diaryl/α,β-unsaturated/α-hetero) is 1. The highest BCUT2D eigenvalue weighted by Crippen LogP contribution is 2.64. The third-order valence-corrected chi connectivity index (χ3v) is 8.39. The van der Waals surface area contributed by atoms with E-state index in [9.17, 15) is 4.79 Å². The number of carbonyl (C=O) groups excluding carboxylic acids is 1. The van der Waals surface area contributed by atoms with E-state index >= 15 is 0 Å². The molecule has 0 saturated heterocycles. The van der Waals surface area contributed by atoms with Crippen LogP contribution in [0.4, 0.5) is 0 Å². The minimum atomic E-state index is -0.0110. The second kappa shape index (κ2) is 6.78. The summed E-state index contributed by atoms with van der Waals surface area (Å²) >= 11 is 0. The number of ketones is 1. The Bertz CT molecular complexity index is 628. The molecule has 4 heteroatoms. The quantitative estimate of drug-likeness (QED) is 0.356. The molecule has 3 saturated carbocycles. The van der Waals surface area contributed by atoms with E-state index in [0.717, 1.165) is 37.5 Å². The molecule has 2 N–H and O–H groups in total. The van der Waals surface area contributed by atoms with Gasteiger partial charge in [-0.05, 0) is 68.1 Å². The topological polar surface area (TPSA) is 64.7 Å². The molecule has 0 aromatic heterocycles. The van der Waals surface area contributed by atoms with E-state index in [4.69, 9.17) is 10.6 Å². The maximum Gasteiger partial charge on any atom is 0.139 e. The maximum atomic E-state index is 12.5. The van der Waals surface area contributed by atoms with Crippen molar-refractivity contribution in [3.63, 3.8) is 0 Å². The van der Waals surface area contributed by atoms with Crippen LogP contribution in [-0.2, 0) is 9.63 Å². The van der Waals surface area contributed by atoms with Gasteiger partial charge in [0.25, 0.3) is 0 Å². The van der Waals surface area contributed by atoms with Crippen molar-refractivity contribution in [3.05, 3.63) is 11.6 Å². The molecule has 3 fully saturated rings. The van der Waals surface area contributed by atoms with Crippen molar-refractivity contribution in [3.8, 4) is 0 Å². The van der Waals surface area contributed by atoms with Crippen molar-refractivity contribution in [2.75, 3.05) is 13.2 Å². The van der Waals surface area contributed by atoms with Gasteiger partial charge in [0.2, 0.25) is 0 Å². The average molecular weight is 359 g/mol. The lowest BCUT2D eigenvalue weighted by atomic mass is 9.47. The van der Waals surface area contributed by atoms with Crippen LogP contribution >= 0.6 is 0 Å². The first-order valence-electron chi connectivity index (χ1n) is 10.6. The highest BCUT2D eigenvalue weighted by molar-refractivity contribution is 5.87. The van der Waals surface area contributed by atoms with Gasteiger partial charge in [0.05, 0.1) is 6.21 Å². The Morgan fingerprint density at radius 1 is 1.15 bits per heavy atom. The average Bonchev–Trinajstić information content (AvgIpc) is 2.94. The normalized spacial score (nSPS) is 45.0. The number of nitrogens with zero attached hydrogens (tertiary/aromatic N) is 1. The molecule has 26 heavy (non-hydrogen) atoms. The van der Waals surface area contributed by atoms with Crippen molar-refractivity contribution in [2.45, 2.75) is 65.2 Å². The van der Waals surface area contributed by atoms with Gasteiger partial charge >= 0.3 is 0 Å². The lowest BCUT2D eigenvalue weighted by Crippen LogP contribution is -2.50. The minimum Gasteiger partial charge on any atom is -0.395 e. The number of nitrogens with two attached hydrogens (primary N) is 1. The summed E-state index contributed by atoms with van der Waals surface area (Å²) in [5.41, 5.74) is 7.40. The van der Waals surface area contributed by atoms with Crippen molar-refractivity contribution in [1.29, 1.82) is 0 Å². The Balaban J connectivity index is 1.52. The fraction of sp³-hybridized carbons (Fsp3) is 0.818. The predicted octanol–water partition coefficient (Wildman–Crippen LogP) is 4.10. The Morgan fingerprint density at radius 2 is 1.92 bits per heavy atom. The van der Waals surface area contributed by atoms with Crippen LogP contribution in [0.15, 0.2) is 16.8 Å². The monoisotopic (exact) mass is 358 g/mol. The van der Waals surface area contributed by atoms with E-state index < -0.39 is 0 Å². The number of oxime groups is 1. The summed E-state index contributed by atoms with van der Waals surface area (Å²) in [6, 6.07) is 0. The largest absolute Gasteiger partial charge is 0.395 e. The van der Waals surface area contributed by atoms with Crippen molar-refractivity contribution in [2.24, 2.45) is 45.4 Å². The van der Waals surface area contributed by atoms with Crippen molar-refractivity contribution < 1.29 is 9.63 Å². The molecule has 144 valence electrons. The molecule has 0 spiro atoms. The molecule has 6 unspecified atom stereocenters. The zero-order valence-electron chi connectivity index (χ0n) is 16.4. The SMILES string of the molecule is CC12CCC3C(CCC4=CC(C=NOCCN)CCC43C)C1CCC2=O. The predicted molar refractivity (Wildman–Crippen MR) is 104 cm³/mol. The fourth-order valence-corrected chi connectivity index (χ4v) is 6.87. The van der Waals surface area contributed by atoms with Gasteiger partial charge in [0.15, 0.2) is 0 Å². The van der Waals surface area contributed by atoms with Crippen LogP contribution in [-0.4, -0.2) is 25.1 Å². The standard InChI is InChI=1S/C22H34N2O2/c1-21-9-7-15(14-24-26-12-11-23)13-16(21)3-4-17-18-5-6-20(25)22(18,2)10-8-19(17)21/h13-15,17-19H,3-12,23H2,1-2H3. The number of carbonyl (C=O) groups is 1. The summed E-state index contributed by atoms with van der Waals surface area (Å²) in [6.45, 7) is 5.77. The smallest absolute Gasteiger partial charge is 0.139 e. The highest BCUT2D eigenvalue weighted by atomic mass is 16.6. The molecule has 0 aliphatic heterocycles. The second-order valence-corrected chi connectivity index (χ2v) is 9.52. The molecule has 4 nitrogen and oxygen atoms in total. The van der Waals surface area contributed by atoms with E-state index in [1.165, 1.54) is 25.7 Å². The molecule has 0 aromatic rings. The molecule has 4 rings (SSSR count). The van der Waals surface area contributed by atoms with Gasteiger partial charge < -0.3 is 10.6 Å². The zero-order valence-corrected chi connectivity index (χ0v) is 16.4. The zero-order chi connectivity index (χ0) is 18.4. The first-order chi connectivity index (χ1) is 12.5. The van der Waals surface area contributed by atoms with Gasteiger partial charge in [0.1, 0.15) is 12.4 Å². The maximum absolute atomic E-state index is 12.5. The second-order valence-electron chi connectivity index (χ2n) is 9.52. The van der Waals surface area contributed by atoms with Crippen LogP contribution in [0.3, 0.4) is 0 Å². The van der Waals surface area contributed by atoms with E-state index in [0.29, 0.717) is 36.2 Å². The lowest BCUT2D eigenvalue weighted by molar-refractivity contribution is -0.132. The van der Waals surface area contributed by atoms with Crippen molar-refractivity contribution >= 4 is 12.0 Å². The van der Waals surface area contributed by atoms with Gasteiger partial charge in [0, 0.05) is 24.3 Å². The number of rotatable bonds is 4. The van der Waals surface area contributed by atoms with E-state index in [2.05, 4.69) is 25.1 Å². The van der Waals surface area contributed by atoms with Crippen LogP contribution in [0.5, 0.6) is 0 Å². The van der Waals surface area contributed by atoms with Crippen LogP contribution in [0.2, 0.25) is 0 Å². The first kappa shape index (κ1) is 18.2. The van der Waals surface area contributed by atoms with Gasteiger partial charge in [-0.2, -0.15) is 0 Å². The third-order valence-electron chi connectivity index (χ3n) is 8.39. The minimum absolute atomic E-state index is 0.0110. The molecular weight excluding hydrogens is 324 g/mol. The van der Waals surface area contributed by atoms with Crippen LogP contribution in [0.1, 0.15) is 65.2 Å². The van der Waals surface area contributed by atoms with Gasteiger partial charge in [-0.1, -0.05) is 30.7 Å². The summed E-state index contributed by atoms with van der Waals surface area (Å²) in [6.07, 6.45) is 13.6. The molecule has 4 aliphatic rings. The molecule has 0 bridgehead atoms. The number of hydrogen-bond donors (Lipinski definition) is 1.